The predicted octanol–water partition coefficient (Wildman–Crippen LogP) is 6.65. The maximum atomic E-state index is 3.43. The Morgan fingerprint density at radius 2 is 1.00 bits per heavy atom. The van der Waals surface area contributed by atoms with Crippen LogP contribution in [0.15, 0.2) is 35.4 Å². The summed E-state index contributed by atoms with van der Waals surface area (Å²) in [6.07, 6.45) is 6.68. The summed E-state index contributed by atoms with van der Waals surface area (Å²) in [5.41, 5.74) is 10.6. The zero-order chi connectivity index (χ0) is 19.4. The predicted molar refractivity (Wildman–Crippen MR) is 121 cm³/mol. The van der Waals surface area contributed by atoms with Crippen LogP contribution in [0.25, 0.3) is 33.7 Å². The zero-order valence-corrected chi connectivity index (χ0v) is 16.9. The molecule has 0 aliphatic heterocycles. The van der Waals surface area contributed by atoms with Gasteiger partial charge < -0.3 is 0 Å². The summed E-state index contributed by atoms with van der Waals surface area (Å²) >= 11 is 0. The standard InChI is InChI=1S/C28H22/c1-5-7-23-25-13-19-9-17(3)11-21(19)15-27(25)24(8-6-2)28-16-22-12-18(4)10-20(22)14-26(23)28/h9,12-16H,10-11H2,1-4H3. The van der Waals surface area contributed by atoms with E-state index in [-0.39, 0.29) is 0 Å². The molecule has 0 spiro atoms. The Kier molecular flexibility index (Phi) is 3.72. The summed E-state index contributed by atoms with van der Waals surface area (Å²) in [6.45, 7) is 8.27. The molecular formula is C28H22. The first kappa shape index (κ1) is 16.9. The second kappa shape index (κ2) is 6.15. The molecule has 3 aromatic carbocycles. The van der Waals surface area contributed by atoms with Crippen LogP contribution in [0.2, 0.25) is 0 Å². The van der Waals surface area contributed by atoms with E-state index in [0.717, 1.165) is 24.0 Å². The van der Waals surface area contributed by atoms with Crippen LogP contribution < -0.4 is 0 Å². The van der Waals surface area contributed by atoms with E-state index in [1.54, 1.807) is 0 Å². The quantitative estimate of drug-likeness (QED) is 0.311. The topological polar surface area (TPSA) is 0 Å². The van der Waals surface area contributed by atoms with Crippen molar-refractivity contribution >= 4 is 33.7 Å². The molecule has 0 atom stereocenters. The molecule has 28 heavy (non-hydrogen) atoms. The van der Waals surface area contributed by atoms with Crippen molar-refractivity contribution in [3.63, 3.8) is 0 Å². The van der Waals surface area contributed by atoms with Crippen LogP contribution in [0.1, 0.15) is 61.1 Å². The van der Waals surface area contributed by atoms with E-state index in [0.29, 0.717) is 0 Å². The summed E-state index contributed by atoms with van der Waals surface area (Å²) in [7, 11) is 0. The van der Waals surface area contributed by atoms with E-state index in [9.17, 15) is 0 Å². The van der Waals surface area contributed by atoms with Gasteiger partial charge in [-0.3, -0.25) is 0 Å². The molecule has 0 radical (unpaired) electrons. The highest BCUT2D eigenvalue weighted by atomic mass is 14.2. The summed E-state index contributed by atoms with van der Waals surface area (Å²) in [4.78, 5) is 0. The van der Waals surface area contributed by atoms with Crippen molar-refractivity contribution in [1.82, 2.24) is 0 Å². The fourth-order valence-corrected chi connectivity index (χ4v) is 4.77. The molecule has 2 aliphatic rings. The van der Waals surface area contributed by atoms with Crippen LogP contribution in [0.3, 0.4) is 0 Å². The van der Waals surface area contributed by atoms with Gasteiger partial charge in [0.05, 0.1) is 0 Å². The van der Waals surface area contributed by atoms with Crippen molar-refractivity contribution < 1.29 is 0 Å². The van der Waals surface area contributed by atoms with Gasteiger partial charge in [-0.05, 0) is 109 Å². The summed E-state index contributed by atoms with van der Waals surface area (Å²) in [5.74, 6) is 13.2. The van der Waals surface area contributed by atoms with Gasteiger partial charge >= 0.3 is 0 Å². The van der Waals surface area contributed by atoms with Gasteiger partial charge in [0.2, 0.25) is 0 Å². The SMILES string of the molecule is CC#Cc1c2cc3c(cc2c(C#CC)c2cc4c(cc12)CC(C)=C4)CC(C)=C3. The maximum absolute atomic E-state index is 3.43. The molecule has 0 fully saturated rings. The van der Waals surface area contributed by atoms with Crippen LogP contribution in [0.5, 0.6) is 0 Å². The van der Waals surface area contributed by atoms with E-state index < -0.39 is 0 Å². The van der Waals surface area contributed by atoms with Crippen molar-refractivity contribution in [3.8, 4) is 23.7 Å². The molecule has 0 N–H and O–H groups in total. The highest BCUT2D eigenvalue weighted by molar-refractivity contribution is 6.11. The van der Waals surface area contributed by atoms with Crippen LogP contribution in [-0.2, 0) is 12.8 Å². The minimum absolute atomic E-state index is 1.03. The Bertz CT molecular complexity index is 1270. The van der Waals surface area contributed by atoms with Gasteiger partial charge in [-0.15, -0.1) is 11.8 Å². The molecular weight excluding hydrogens is 336 g/mol. The van der Waals surface area contributed by atoms with Crippen molar-refractivity contribution in [2.45, 2.75) is 40.5 Å². The Labute approximate surface area is 167 Å². The molecule has 2 aliphatic carbocycles. The molecule has 5 rings (SSSR count). The van der Waals surface area contributed by atoms with E-state index in [2.05, 4.69) is 73.9 Å². The third-order valence-electron chi connectivity index (χ3n) is 5.88. The van der Waals surface area contributed by atoms with E-state index in [1.807, 2.05) is 13.8 Å². The molecule has 0 amide bonds. The van der Waals surface area contributed by atoms with Crippen molar-refractivity contribution in [3.05, 3.63) is 68.8 Å². The molecule has 0 saturated carbocycles. The van der Waals surface area contributed by atoms with Gasteiger partial charge in [0.15, 0.2) is 0 Å². The first-order valence-corrected chi connectivity index (χ1v) is 9.88. The third kappa shape index (κ3) is 2.42. The Morgan fingerprint density at radius 1 is 0.607 bits per heavy atom. The molecule has 0 heteroatoms. The molecule has 0 bridgehead atoms. The number of hydrogen-bond donors (Lipinski definition) is 0. The van der Waals surface area contributed by atoms with Gasteiger partial charge in [-0.2, -0.15) is 0 Å². The summed E-state index contributed by atoms with van der Waals surface area (Å²) < 4.78 is 0. The largest absolute Gasteiger partial charge is 0.101 e. The molecule has 0 aromatic heterocycles. The number of benzene rings is 3. The monoisotopic (exact) mass is 358 g/mol. The van der Waals surface area contributed by atoms with Crippen molar-refractivity contribution in [1.29, 1.82) is 0 Å². The zero-order valence-electron chi connectivity index (χ0n) is 16.9. The van der Waals surface area contributed by atoms with E-state index >= 15 is 0 Å². The van der Waals surface area contributed by atoms with Gasteiger partial charge in [0.25, 0.3) is 0 Å². The molecule has 0 unspecified atom stereocenters. The average Bonchev–Trinajstić information content (AvgIpc) is 3.21. The lowest BCUT2D eigenvalue weighted by Gasteiger charge is -2.14. The first-order chi connectivity index (χ1) is 13.6. The number of fused-ring (bicyclic) bond motifs is 4. The van der Waals surface area contributed by atoms with Gasteiger partial charge in [-0.1, -0.05) is 35.1 Å². The smallest absolute Gasteiger partial charge is 0.0403 e. The maximum Gasteiger partial charge on any atom is 0.0403 e. The van der Waals surface area contributed by atoms with E-state index in [4.69, 9.17) is 0 Å². The van der Waals surface area contributed by atoms with Crippen LogP contribution in [-0.4, -0.2) is 0 Å². The molecule has 0 nitrogen and oxygen atoms in total. The highest BCUT2D eigenvalue weighted by Gasteiger charge is 2.19. The molecule has 0 saturated heterocycles. The number of rotatable bonds is 0. The lowest BCUT2D eigenvalue weighted by Crippen LogP contribution is -1.95. The Morgan fingerprint density at radius 3 is 1.39 bits per heavy atom. The summed E-state index contributed by atoms with van der Waals surface area (Å²) in [5, 5.41) is 4.93. The molecule has 0 heterocycles. The fourth-order valence-electron chi connectivity index (χ4n) is 4.77. The van der Waals surface area contributed by atoms with Gasteiger partial charge in [0.1, 0.15) is 0 Å². The van der Waals surface area contributed by atoms with Crippen molar-refractivity contribution in [2.75, 3.05) is 0 Å². The van der Waals surface area contributed by atoms with E-state index in [1.165, 1.54) is 54.9 Å². The fraction of sp³-hybridized carbons (Fsp3) is 0.214. The lowest BCUT2D eigenvalue weighted by molar-refractivity contribution is 1.20. The number of allylic oxidation sites excluding steroid dienone is 2. The normalized spacial score (nSPS) is 14.0. The minimum Gasteiger partial charge on any atom is -0.101 e. The second-order valence-corrected chi connectivity index (χ2v) is 8.03. The van der Waals surface area contributed by atoms with Gasteiger partial charge in [0, 0.05) is 11.1 Å². The second-order valence-electron chi connectivity index (χ2n) is 8.03. The molecule has 3 aromatic rings. The first-order valence-electron chi connectivity index (χ1n) is 9.88. The number of hydrogen-bond acceptors (Lipinski definition) is 0. The van der Waals surface area contributed by atoms with Crippen LogP contribution in [0.4, 0.5) is 0 Å². The Balaban J connectivity index is 2.00. The lowest BCUT2D eigenvalue weighted by atomic mass is 9.88. The highest BCUT2D eigenvalue weighted by Crippen LogP contribution is 2.39. The van der Waals surface area contributed by atoms with Gasteiger partial charge in [-0.25, -0.2) is 0 Å². The van der Waals surface area contributed by atoms with Crippen LogP contribution >= 0.6 is 0 Å². The average molecular weight is 358 g/mol. The van der Waals surface area contributed by atoms with Crippen molar-refractivity contribution in [2.24, 2.45) is 0 Å². The molecule has 134 valence electrons. The third-order valence-corrected chi connectivity index (χ3v) is 5.88. The summed E-state index contributed by atoms with van der Waals surface area (Å²) in [6, 6.07) is 9.37. The van der Waals surface area contributed by atoms with Crippen LogP contribution in [0, 0.1) is 23.7 Å². The minimum atomic E-state index is 1.03. The Hall–Kier alpha value is -3.22.